The van der Waals surface area contributed by atoms with E-state index in [-0.39, 0.29) is 6.04 Å². The Balaban J connectivity index is 1.89. The van der Waals surface area contributed by atoms with E-state index in [2.05, 4.69) is 46.9 Å². The van der Waals surface area contributed by atoms with Gasteiger partial charge in [0.05, 0.1) is 0 Å². The number of rotatable bonds is 2. The maximum Gasteiger partial charge on any atom is 0.0477 e. The van der Waals surface area contributed by atoms with Crippen LogP contribution in [0.4, 0.5) is 0 Å². The molecule has 0 saturated carbocycles. The highest BCUT2D eigenvalue weighted by Crippen LogP contribution is 2.30. The summed E-state index contributed by atoms with van der Waals surface area (Å²) in [5, 5.41) is 7.06. The van der Waals surface area contributed by atoms with Gasteiger partial charge in [-0.2, -0.15) is 0 Å². The van der Waals surface area contributed by atoms with Gasteiger partial charge in [-0.05, 0) is 29.4 Å². The first kappa shape index (κ1) is 12.1. The molecule has 18 heavy (non-hydrogen) atoms. The Labute approximate surface area is 112 Å². The van der Waals surface area contributed by atoms with Crippen LogP contribution in [-0.2, 0) is 0 Å². The van der Waals surface area contributed by atoms with E-state index in [9.17, 15) is 0 Å². The number of fused-ring (bicyclic) bond motifs is 1. The molecule has 2 aromatic rings. The summed E-state index contributed by atoms with van der Waals surface area (Å²) in [5.41, 5.74) is 7.74. The van der Waals surface area contributed by atoms with Gasteiger partial charge >= 0.3 is 0 Å². The molecule has 3 rings (SSSR count). The smallest absolute Gasteiger partial charge is 0.0477 e. The Morgan fingerprint density at radius 2 is 2.28 bits per heavy atom. The van der Waals surface area contributed by atoms with Gasteiger partial charge in [-0.25, -0.2) is 0 Å². The van der Waals surface area contributed by atoms with Crippen LogP contribution in [0.1, 0.15) is 11.6 Å². The molecule has 1 fully saturated rings. The van der Waals surface area contributed by atoms with Crippen molar-refractivity contribution in [1.29, 1.82) is 0 Å². The number of hydrogen-bond acceptors (Lipinski definition) is 4. The fourth-order valence-corrected chi connectivity index (χ4v) is 3.65. The molecule has 1 aliphatic rings. The molecule has 0 bridgehead atoms. The van der Waals surface area contributed by atoms with Crippen LogP contribution >= 0.6 is 11.3 Å². The zero-order valence-electron chi connectivity index (χ0n) is 10.6. The summed E-state index contributed by atoms with van der Waals surface area (Å²) < 4.78 is 1.33. The normalized spacial score (nSPS) is 23.3. The molecule has 96 valence electrons. The highest BCUT2D eigenvalue weighted by molar-refractivity contribution is 7.17. The van der Waals surface area contributed by atoms with Gasteiger partial charge in [-0.15, -0.1) is 11.3 Å². The highest BCUT2D eigenvalue weighted by Gasteiger charge is 2.25. The molecule has 1 aromatic carbocycles. The van der Waals surface area contributed by atoms with Crippen molar-refractivity contribution in [2.75, 3.05) is 26.7 Å². The third-order valence-electron chi connectivity index (χ3n) is 3.71. The predicted octanol–water partition coefficient (Wildman–Crippen LogP) is 1.80. The van der Waals surface area contributed by atoms with Crippen molar-refractivity contribution >= 4 is 21.4 Å². The average molecular weight is 261 g/mol. The molecule has 3 N–H and O–H groups in total. The van der Waals surface area contributed by atoms with Crippen molar-refractivity contribution < 1.29 is 0 Å². The predicted molar refractivity (Wildman–Crippen MR) is 78.0 cm³/mol. The molecule has 0 amide bonds. The number of thiophene rings is 1. The molecule has 0 spiro atoms. The molecule has 2 unspecified atom stereocenters. The molecular formula is C14H19N3S. The summed E-state index contributed by atoms with van der Waals surface area (Å²) in [7, 11) is 2.16. The molecule has 4 heteroatoms. The summed E-state index contributed by atoms with van der Waals surface area (Å²) in [6.45, 7) is 3.15. The second-order valence-electron chi connectivity index (χ2n) is 5.04. The molecule has 1 saturated heterocycles. The van der Waals surface area contributed by atoms with Crippen LogP contribution in [0.3, 0.4) is 0 Å². The van der Waals surface area contributed by atoms with Crippen LogP contribution in [0.5, 0.6) is 0 Å². The Morgan fingerprint density at radius 1 is 1.44 bits per heavy atom. The summed E-state index contributed by atoms with van der Waals surface area (Å²) in [5.74, 6) is 0. The maximum atomic E-state index is 6.46. The van der Waals surface area contributed by atoms with Gasteiger partial charge in [0.2, 0.25) is 0 Å². The van der Waals surface area contributed by atoms with Gasteiger partial charge in [0.25, 0.3) is 0 Å². The van der Waals surface area contributed by atoms with Crippen molar-refractivity contribution in [2.45, 2.75) is 12.1 Å². The first-order valence-corrected chi connectivity index (χ1v) is 7.27. The topological polar surface area (TPSA) is 41.3 Å². The molecule has 2 atom stereocenters. The number of likely N-dealkylation sites (N-methyl/N-ethyl adjacent to an activating group) is 1. The van der Waals surface area contributed by atoms with E-state index < -0.39 is 0 Å². The maximum absolute atomic E-state index is 6.46. The first-order chi connectivity index (χ1) is 8.75. The van der Waals surface area contributed by atoms with Gasteiger partial charge in [0.1, 0.15) is 0 Å². The molecule has 1 aromatic heterocycles. The van der Waals surface area contributed by atoms with Crippen molar-refractivity contribution in [2.24, 2.45) is 5.73 Å². The molecular weight excluding hydrogens is 242 g/mol. The second-order valence-corrected chi connectivity index (χ2v) is 5.95. The van der Waals surface area contributed by atoms with Crippen LogP contribution in [-0.4, -0.2) is 37.6 Å². The van der Waals surface area contributed by atoms with Crippen LogP contribution in [0.15, 0.2) is 29.6 Å². The summed E-state index contributed by atoms with van der Waals surface area (Å²) in [6.07, 6.45) is 0. The van der Waals surface area contributed by atoms with Gasteiger partial charge in [0.15, 0.2) is 0 Å². The minimum atomic E-state index is 0.0731. The van der Waals surface area contributed by atoms with E-state index in [1.165, 1.54) is 15.6 Å². The second kappa shape index (κ2) is 4.97. The van der Waals surface area contributed by atoms with Crippen LogP contribution in [0, 0.1) is 0 Å². The zero-order valence-corrected chi connectivity index (χ0v) is 11.4. The molecule has 3 nitrogen and oxygen atoms in total. The lowest BCUT2D eigenvalue weighted by Crippen LogP contribution is -2.53. The fourth-order valence-electron chi connectivity index (χ4n) is 2.65. The number of nitrogens with zero attached hydrogens (tertiary/aromatic N) is 1. The molecule has 2 heterocycles. The van der Waals surface area contributed by atoms with Crippen LogP contribution in [0.25, 0.3) is 10.1 Å². The van der Waals surface area contributed by atoms with E-state index in [0.717, 1.165) is 19.6 Å². The zero-order chi connectivity index (χ0) is 12.5. The van der Waals surface area contributed by atoms with Crippen molar-refractivity contribution in [1.82, 2.24) is 10.2 Å². The highest BCUT2D eigenvalue weighted by atomic mass is 32.1. The third-order valence-corrected chi connectivity index (χ3v) is 4.69. The minimum absolute atomic E-state index is 0.0731. The van der Waals surface area contributed by atoms with E-state index >= 15 is 0 Å². The summed E-state index contributed by atoms with van der Waals surface area (Å²) in [4.78, 5) is 2.34. The Kier molecular flexibility index (Phi) is 3.35. The van der Waals surface area contributed by atoms with Gasteiger partial charge in [-0.3, -0.25) is 0 Å². The van der Waals surface area contributed by atoms with E-state index in [1.807, 2.05) is 0 Å². The van der Waals surface area contributed by atoms with Crippen molar-refractivity contribution in [3.8, 4) is 0 Å². The number of piperazine rings is 1. The molecule has 0 radical (unpaired) electrons. The van der Waals surface area contributed by atoms with E-state index in [1.54, 1.807) is 11.3 Å². The number of benzene rings is 1. The van der Waals surface area contributed by atoms with Gasteiger partial charge < -0.3 is 16.0 Å². The number of nitrogens with one attached hydrogen (secondary N) is 1. The number of hydrogen-bond donors (Lipinski definition) is 2. The molecule has 0 aliphatic carbocycles. The summed E-state index contributed by atoms with van der Waals surface area (Å²) >= 11 is 1.79. The Morgan fingerprint density at radius 3 is 3.11 bits per heavy atom. The Bertz CT molecular complexity index is 537. The lowest BCUT2D eigenvalue weighted by atomic mass is 9.98. The minimum Gasteiger partial charge on any atom is -0.323 e. The van der Waals surface area contributed by atoms with E-state index in [4.69, 9.17) is 5.73 Å². The lowest BCUT2D eigenvalue weighted by Gasteiger charge is -2.34. The van der Waals surface area contributed by atoms with Crippen molar-refractivity contribution in [3.05, 3.63) is 35.2 Å². The van der Waals surface area contributed by atoms with Gasteiger partial charge in [-0.1, -0.05) is 18.2 Å². The Hall–Kier alpha value is -0.940. The standard InChI is InChI=1S/C14H19N3S/c1-17-7-6-16-12(8-17)14(15)11-9-18-13-5-3-2-4-10(11)13/h2-5,9,12,14,16H,6-8,15H2,1H3. The van der Waals surface area contributed by atoms with Gasteiger partial charge in [0, 0.05) is 36.4 Å². The van der Waals surface area contributed by atoms with Crippen LogP contribution < -0.4 is 11.1 Å². The third kappa shape index (κ3) is 2.17. The quantitative estimate of drug-likeness (QED) is 0.866. The summed E-state index contributed by atoms with van der Waals surface area (Å²) in [6, 6.07) is 8.93. The number of nitrogens with two attached hydrogens (primary N) is 1. The monoisotopic (exact) mass is 261 g/mol. The molecule has 1 aliphatic heterocycles. The fraction of sp³-hybridized carbons (Fsp3) is 0.429. The largest absolute Gasteiger partial charge is 0.323 e. The lowest BCUT2D eigenvalue weighted by molar-refractivity contribution is 0.220. The average Bonchev–Trinajstić information content (AvgIpc) is 2.82. The van der Waals surface area contributed by atoms with E-state index in [0.29, 0.717) is 6.04 Å². The first-order valence-electron chi connectivity index (χ1n) is 6.39. The SMILES string of the molecule is CN1CCNC(C(N)c2csc3ccccc23)C1. The van der Waals surface area contributed by atoms with Crippen LogP contribution in [0.2, 0.25) is 0 Å². The van der Waals surface area contributed by atoms with Crippen molar-refractivity contribution in [3.63, 3.8) is 0 Å².